The minimum atomic E-state index is -0.247. The highest BCUT2D eigenvalue weighted by Crippen LogP contribution is 2.24. The molecule has 0 spiro atoms. The highest BCUT2D eigenvalue weighted by atomic mass is 35.5. The van der Waals surface area contributed by atoms with E-state index in [-0.39, 0.29) is 17.2 Å². The first-order valence-corrected chi connectivity index (χ1v) is 9.41. The minimum absolute atomic E-state index is 0.100. The molecule has 1 aromatic carbocycles. The molecule has 0 unspecified atom stereocenters. The van der Waals surface area contributed by atoms with Crippen molar-refractivity contribution in [2.75, 3.05) is 11.1 Å². The minimum Gasteiger partial charge on any atom is -0.325 e. The second kappa shape index (κ2) is 7.14. The Bertz CT molecular complexity index is 964. The summed E-state index contributed by atoms with van der Waals surface area (Å²) in [5, 5.41) is 6.48. The predicted octanol–water partition coefficient (Wildman–Crippen LogP) is 4.33. The van der Waals surface area contributed by atoms with Gasteiger partial charge in [-0.15, -0.1) is 11.3 Å². The molecule has 3 aromatic rings. The van der Waals surface area contributed by atoms with Gasteiger partial charge < -0.3 is 10.3 Å². The third kappa shape index (κ3) is 3.92. The van der Waals surface area contributed by atoms with Crippen molar-refractivity contribution in [3.05, 3.63) is 49.5 Å². The number of aromatic nitrogens is 2. The molecular weight excluding hydrogens is 389 g/mol. The van der Waals surface area contributed by atoms with Crippen molar-refractivity contribution >= 4 is 68.1 Å². The quantitative estimate of drug-likeness (QED) is 0.505. The molecule has 5 nitrogen and oxygen atoms in total. The zero-order valence-electron chi connectivity index (χ0n) is 12.4. The Kier molecular flexibility index (Phi) is 5.15. The van der Waals surface area contributed by atoms with Gasteiger partial charge in [0.1, 0.15) is 4.83 Å². The normalized spacial score (nSPS) is 11.0. The maximum absolute atomic E-state index is 12.1. The summed E-state index contributed by atoms with van der Waals surface area (Å²) in [5.41, 5.74) is 1.23. The smallest absolute Gasteiger partial charge is 0.260 e. The number of halogens is 2. The van der Waals surface area contributed by atoms with Crippen LogP contribution in [0.5, 0.6) is 0 Å². The molecule has 0 saturated heterocycles. The van der Waals surface area contributed by atoms with Crippen LogP contribution in [0.25, 0.3) is 10.2 Å². The van der Waals surface area contributed by atoms with Gasteiger partial charge in [-0.3, -0.25) is 9.59 Å². The van der Waals surface area contributed by atoms with Gasteiger partial charge >= 0.3 is 0 Å². The van der Waals surface area contributed by atoms with Crippen LogP contribution < -0.4 is 10.9 Å². The maximum atomic E-state index is 12.1. The first-order valence-electron chi connectivity index (χ1n) is 6.79. The number of carbonyl (C=O) groups is 1. The number of rotatable bonds is 4. The van der Waals surface area contributed by atoms with Crippen LogP contribution in [0.4, 0.5) is 5.69 Å². The summed E-state index contributed by atoms with van der Waals surface area (Å²) in [6.07, 6.45) is 0. The molecular formula is C15H11Cl2N3O2S2. The molecule has 2 N–H and O–H groups in total. The Morgan fingerprint density at radius 1 is 1.33 bits per heavy atom. The Morgan fingerprint density at radius 3 is 2.75 bits per heavy atom. The first-order chi connectivity index (χ1) is 11.4. The second-order valence-electron chi connectivity index (χ2n) is 4.96. The van der Waals surface area contributed by atoms with Crippen molar-refractivity contribution in [2.45, 2.75) is 12.1 Å². The molecule has 0 aliphatic carbocycles. The number of nitrogens with one attached hydrogen (secondary N) is 2. The molecule has 1 amide bonds. The Balaban J connectivity index is 1.69. The van der Waals surface area contributed by atoms with Crippen molar-refractivity contribution in [2.24, 2.45) is 0 Å². The van der Waals surface area contributed by atoms with Gasteiger partial charge in [0.2, 0.25) is 5.91 Å². The number of carbonyl (C=O) groups excluding carboxylic acids is 1. The SMILES string of the molecule is Cc1csc2nc(SCC(=O)Nc3cc(Cl)cc(Cl)c3)[nH]c(=O)c12. The number of amides is 1. The van der Waals surface area contributed by atoms with Gasteiger partial charge in [0, 0.05) is 15.7 Å². The summed E-state index contributed by atoms with van der Waals surface area (Å²) in [7, 11) is 0. The van der Waals surface area contributed by atoms with E-state index in [0.29, 0.717) is 31.1 Å². The molecule has 2 heterocycles. The zero-order chi connectivity index (χ0) is 17.3. The number of fused-ring (bicyclic) bond motifs is 1. The maximum Gasteiger partial charge on any atom is 0.260 e. The Hall–Kier alpha value is -1.54. The van der Waals surface area contributed by atoms with Crippen LogP contribution >= 0.6 is 46.3 Å². The lowest BCUT2D eigenvalue weighted by molar-refractivity contribution is -0.113. The van der Waals surface area contributed by atoms with E-state index in [1.165, 1.54) is 11.3 Å². The van der Waals surface area contributed by atoms with Crippen LogP contribution in [0.1, 0.15) is 5.56 Å². The van der Waals surface area contributed by atoms with E-state index >= 15 is 0 Å². The number of H-pyrrole nitrogens is 1. The number of hydrogen-bond acceptors (Lipinski definition) is 5. The van der Waals surface area contributed by atoms with Crippen molar-refractivity contribution in [3.8, 4) is 0 Å². The number of anilines is 1. The topological polar surface area (TPSA) is 74.8 Å². The van der Waals surface area contributed by atoms with Gasteiger partial charge in [0.25, 0.3) is 5.56 Å². The van der Waals surface area contributed by atoms with Gasteiger partial charge in [-0.2, -0.15) is 0 Å². The third-order valence-electron chi connectivity index (χ3n) is 3.09. The first kappa shape index (κ1) is 17.3. The molecule has 24 heavy (non-hydrogen) atoms. The highest BCUT2D eigenvalue weighted by molar-refractivity contribution is 7.99. The number of aryl methyl sites for hydroxylation is 1. The average Bonchev–Trinajstić information content (AvgIpc) is 2.86. The second-order valence-corrected chi connectivity index (χ2v) is 7.66. The monoisotopic (exact) mass is 399 g/mol. The Labute approximate surface area is 155 Å². The molecule has 3 rings (SSSR count). The molecule has 0 bridgehead atoms. The number of hydrogen-bond donors (Lipinski definition) is 2. The molecule has 0 aliphatic rings. The van der Waals surface area contributed by atoms with Crippen LogP contribution in [0.2, 0.25) is 10.0 Å². The Morgan fingerprint density at radius 2 is 2.04 bits per heavy atom. The third-order valence-corrected chi connectivity index (χ3v) is 5.39. The van der Waals surface area contributed by atoms with Gasteiger partial charge in [0.15, 0.2) is 5.16 Å². The van der Waals surface area contributed by atoms with E-state index in [9.17, 15) is 9.59 Å². The molecule has 2 aromatic heterocycles. The average molecular weight is 400 g/mol. The summed E-state index contributed by atoms with van der Waals surface area (Å²) >= 11 is 14.3. The lowest BCUT2D eigenvalue weighted by atomic mass is 10.3. The fraction of sp³-hybridized carbons (Fsp3) is 0.133. The van der Waals surface area contributed by atoms with Crippen LogP contribution in [-0.2, 0) is 4.79 Å². The summed E-state index contributed by atoms with van der Waals surface area (Å²) < 4.78 is 0. The largest absolute Gasteiger partial charge is 0.325 e. The molecule has 124 valence electrons. The molecule has 0 aliphatic heterocycles. The van der Waals surface area contributed by atoms with E-state index in [1.807, 2.05) is 12.3 Å². The number of thiophene rings is 1. The summed E-state index contributed by atoms with van der Waals surface area (Å²) in [6, 6.07) is 4.80. The van der Waals surface area contributed by atoms with E-state index in [1.54, 1.807) is 18.2 Å². The van der Waals surface area contributed by atoms with E-state index in [4.69, 9.17) is 23.2 Å². The van der Waals surface area contributed by atoms with Crippen LogP contribution in [0.3, 0.4) is 0 Å². The van der Waals surface area contributed by atoms with Crippen molar-refractivity contribution in [1.29, 1.82) is 0 Å². The summed E-state index contributed by atoms with van der Waals surface area (Å²) in [6.45, 7) is 1.87. The molecule has 9 heteroatoms. The van der Waals surface area contributed by atoms with Crippen LogP contribution in [0.15, 0.2) is 33.5 Å². The van der Waals surface area contributed by atoms with Crippen molar-refractivity contribution < 1.29 is 4.79 Å². The zero-order valence-corrected chi connectivity index (χ0v) is 15.5. The number of aromatic amines is 1. The van der Waals surface area contributed by atoms with Gasteiger partial charge in [0.05, 0.1) is 11.1 Å². The van der Waals surface area contributed by atoms with Gasteiger partial charge in [-0.1, -0.05) is 35.0 Å². The summed E-state index contributed by atoms with van der Waals surface area (Å²) in [5.74, 6) is -0.147. The van der Waals surface area contributed by atoms with E-state index < -0.39 is 0 Å². The van der Waals surface area contributed by atoms with Crippen LogP contribution in [0, 0.1) is 6.92 Å². The fourth-order valence-electron chi connectivity index (χ4n) is 2.09. The van der Waals surface area contributed by atoms with Crippen molar-refractivity contribution in [3.63, 3.8) is 0 Å². The lowest BCUT2D eigenvalue weighted by Crippen LogP contribution is -2.15. The predicted molar refractivity (Wildman–Crippen MR) is 101 cm³/mol. The van der Waals surface area contributed by atoms with E-state index in [2.05, 4.69) is 15.3 Å². The molecule has 0 saturated carbocycles. The number of thioether (sulfide) groups is 1. The molecule has 0 fully saturated rings. The van der Waals surface area contributed by atoms with E-state index in [0.717, 1.165) is 17.3 Å². The van der Waals surface area contributed by atoms with Crippen molar-refractivity contribution in [1.82, 2.24) is 9.97 Å². The van der Waals surface area contributed by atoms with Gasteiger partial charge in [-0.05, 0) is 36.1 Å². The fourth-order valence-corrected chi connectivity index (χ4v) is 4.26. The van der Waals surface area contributed by atoms with Crippen LogP contribution in [-0.4, -0.2) is 21.6 Å². The highest BCUT2D eigenvalue weighted by Gasteiger charge is 2.11. The number of benzene rings is 1. The standard InChI is InChI=1S/C15H11Cl2N3O2S2/c1-7-5-23-14-12(7)13(22)19-15(20-14)24-6-11(21)18-10-3-8(16)2-9(17)4-10/h2-5H,6H2,1H3,(H,18,21)(H,19,20,22). The number of nitrogens with zero attached hydrogens (tertiary/aromatic N) is 1. The molecule has 0 radical (unpaired) electrons. The van der Waals surface area contributed by atoms with Gasteiger partial charge in [-0.25, -0.2) is 4.98 Å². The lowest BCUT2D eigenvalue weighted by Gasteiger charge is -2.06. The molecule has 0 atom stereocenters. The summed E-state index contributed by atoms with van der Waals surface area (Å²) in [4.78, 5) is 31.8.